The number of aliphatic carboxylic acids is 1. The molecule has 0 saturated heterocycles. The molecule has 1 aliphatic rings. The Morgan fingerprint density at radius 1 is 1.41 bits per heavy atom. The van der Waals surface area contributed by atoms with Crippen molar-refractivity contribution in [2.75, 3.05) is 13.6 Å². The van der Waals surface area contributed by atoms with Gasteiger partial charge in [0.2, 0.25) is 0 Å². The molecule has 0 aromatic heterocycles. The third-order valence-electron chi connectivity index (χ3n) is 4.08. The van der Waals surface area contributed by atoms with Crippen molar-refractivity contribution in [3.05, 3.63) is 0 Å². The van der Waals surface area contributed by atoms with Crippen LogP contribution < -0.4 is 5.73 Å². The third-order valence-corrected chi connectivity index (χ3v) is 4.08. The van der Waals surface area contributed by atoms with Crippen LogP contribution in [0.4, 0.5) is 0 Å². The average molecular weight is 242 g/mol. The largest absolute Gasteiger partial charge is 0.480 e. The molecule has 0 spiro atoms. The van der Waals surface area contributed by atoms with Crippen LogP contribution in [-0.2, 0) is 4.79 Å². The normalized spacial score (nSPS) is 29.0. The summed E-state index contributed by atoms with van der Waals surface area (Å²) in [4.78, 5) is 13.2. The molecule has 4 heteroatoms. The van der Waals surface area contributed by atoms with Gasteiger partial charge in [-0.3, -0.25) is 4.79 Å². The van der Waals surface area contributed by atoms with Crippen LogP contribution in [0.15, 0.2) is 0 Å². The lowest BCUT2D eigenvalue weighted by Crippen LogP contribution is -2.48. The van der Waals surface area contributed by atoms with Gasteiger partial charge in [-0.1, -0.05) is 6.92 Å². The molecule has 0 aromatic rings. The monoisotopic (exact) mass is 242 g/mol. The van der Waals surface area contributed by atoms with Crippen LogP contribution in [0.2, 0.25) is 0 Å². The average Bonchev–Trinajstić information content (AvgIpc) is 2.27. The summed E-state index contributed by atoms with van der Waals surface area (Å²) < 4.78 is 0. The van der Waals surface area contributed by atoms with E-state index < -0.39 is 11.5 Å². The zero-order valence-corrected chi connectivity index (χ0v) is 11.3. The number of carboxylic acid groups (broad SMARTS) is 1. The SMILES string of the molecule is CC1CCC(N(C)CCC(C)(N)C(=O)O)CC1. The first-order valence-corrected chi connectivity index (χ1v) is 6.55. The summed E-state index contributed by atoms with van der Waals surface area (Å²) in [5, 5.41) is 8.96. The van der Waals surface area contributed by atoms with E-state index in [0.717, 1.165) is 12.5 Å². The summed E-state index contributed by atoms with van der Waals surface area (Å²) in [6, 6.07) is 0.607. The van der Waals surface area contributed by atoms with Gasteiger partial charge in [0, 0.05) is 12.6 Å². The van der Waals surface area contributed by atoms with E-state index in [1.807, 2.05) is 0 Å². The highest BCUT2D eigenvalue weighted by Crippen LogP contribution is 2.26. The standard InChI is InChI=1S/C13H26N2O2/c1-10-4-6-11(7-5-10)15(3)9-8-13(2,14)12(16)17/h10-11H,4-9,14H2,1-3H3,(H,16,17). The summed E-state index contributed by atoms with van der Waals surface area (Å²) >= 11 is 0. The quantitative estimate of drug-likeness (QED) is 0.770. The lowest BCUT2D eigenvalue weighted by molar-refractivity contribution is -0.143. The molecule has 0 radical (unpaired) electrons. The third kappa shape index (κ3) is 4.28. The van der Waals surface area contributed by atoms with E-state index in [4.69, 9.17) is 10.8 Å². The van der Waals surface area contributed by atoms with Crippen LogP contribution in [-0.4, -0.2) is 41.1 Å². The number of rotatable bonds is 5. The van der Waals surface area contributed by atoms with Crippen LogP contribution in [0.25, 0.3) is 0 Å². The van der Waals surface area contributed by atoms with E-state index in [2.05, 4.69) is 18.9 Å². The summed E-state index contributed by atoms with van der Waals surface area (Å²) in [5.74, 6) is -0.0680. The van der Waals surface area contributed by atoms with Crippen LogP contribution >= 0.6 is 0 Å². The number of nitrogens with zero attached hydrogens (tertiary/aromatic N) is 1. The Bertz CT molecular complexity index is 258. The van der Waals surface area contributed by atoms with Crippen molar-refractivity contribution >= 4 is 5.97 Å². The molecular weight excluding hydrogens is 216 g/mol. The number of nitrogens with two attached hydrogens (primary N) is 1. The van der Waals surface area contributed by atoms with Gasteiger partial charge in [0.05, 0.1) is 0 Å². The molecule has 0 heterocycles. The van der Waals surface area contributed by atoms with Crippen LogP contribution in [0, 0.1) is 5.92 Å². The second-order valence-electron chi connectivity index (χ2n) is 5.87. The Hall–Kier alpha value is -0.610. The van der Waals surface area contributed by atoms with Crippen molar-refractivity contribution in [1.29, 1.82) is 0 Å². The maximum atomic E-state index is 10.9. The summed E-state index contributed by atoms with van der Waals surface area (Å²) in [7, 11) is 2.08. The zero-order chi connectivity index (χ0) is 13.1. The minimum atomic E-state index is -1.10. The van der Waals surface area contributed by atoms with Crippen molar-refractivity contribution in [3.8, 4) is 0 Å². The molecule has 4 nitrogen and oxygen atoms in total. The van der Waals surface area contributed by atoms with Crippen LogP contribution in [0.1, 0.15) is 46.0 Å². The van der Waals surface area contributed by atoms with E-state index in [1.54, 1.807) is 6.92 Å². The van der Waals surface area contributed by atoms with Crippen molar-refractivity contribution < 1.29 is 9.90 Å². The summed E-state index contributed by atoms with van der Waals surface area (Å²) in [5.41, 5.74) is 4.63. The Morgan fingerprint density at radius 3 is 2.41 bits per heavy atom. The molecule has 1 fully saturated rings. The fourth-order valence-electron chi connectivity index (χ4n) is 2.38. The topological polar surface area (TPSA) is 66.6 Å². The van der Waals surface area contributed by atoms with Crippen LogP contribution in [0.3, 0.4) is 0 Å². The predicted molar refractivity (Wildman–Crippen MR) is 68.9 cm³/mol. The number of carbonyl (C=O) groups is 1. The molecule has 1 unspecified atom stereocenters. The molecule has 0 aromatic carbocycles. The minimum absolute atomic E-state index is 0.505. The fourth-order valence-corrected chi connectivity index (χ4v) is 2.38. The van der Waals surface area contributed by atoms with Gasteiger partial charge in [-0.05, 0) is 52.0 Å². The van der Waals surface area contributed by atoms with Crippen LogP contribution in [0.5, 0.6) is 0 Å². The van der Waals surface area contributed by atoms with Gasteiger partial charge in [0.25, 0.3) is 0 Å². The van der Waals surface area contributed by atoms with Gasteiger partial charge in [-0.15, -0.1) is 0 Å². The Morgan fingerprint density at radius 2 is 1.94 bits per heavy atom. The second kappa shape index (κ2) is 5.83. The van der Waals surface area contributed by atoms with Crippen molar-refractivity contribution in [2.24, 2.45) is 11.7 Å². The highest BCUT2D eigenvalue weighted by molar-refractivity contribution is 5.77. The molecule has 0 aliphatic heterocycles. The molecule has 0 bridgehead atoms. The smallest absolute Gasteiger partial charge is 0.323 e. The molecule has 1 atom stereocenters. The molecule has 1 saturated carbocycles. The summed E-state index contributed by atoms with van der Waals surface area (Å²) in [6.07, 6.45) is 5.53. The van der Waals surface area contributed by atoms with E-state index in [0.29, 0.717) is 12.5 Å². The first-order chi connectivity index (χ1) is 7.83. The minimum Gasteiger partial charge on any atom is -0.480 e. The van der Waals surface area contributed by atoms with Gasteiger partial charge in [0.1, 0.15) is 5.54 Å². The summed E-state index contributed by atoms with van der Waals surface area (Å²) in [6.45, 7) is 4.65. The van der Waals surface area contributed by atoms with Gasteiger partial charge in [0.15, 0.2) is 0 Å². The highest BCUT2D eigenvalue weighted by Gasteiger charge is 2.29. The van der Waals surface area contributed by atoms with Crippen molar-refractivity contribution in [1.82, 2.24) is 4.90 Å². The van der Waals surface area contributed by atoms with E-state index in [-0.39, 0.29) is 0 Å². The fraction of sp³-hybridized carbons (Fsp3) is 0.923. The second-order valence-corrected chi connectivity index (χ2v) is 5.87. The lowest BCUT2D eigenvalue weighted by Gasteiger charge is -2.34. The number of carboxylic acids is 1. The van der Waals surface area contributed by atoms with Gasteiger partial charge >= 0.3 is 5.97 Å². The van der Waals surface area contributed by atoms with E-state index in [1.165, 1.54) is 25.7 Å². The predicted octanol–water partition coefficient (Wildman–Crippen LogP) is 1.69. The first kappa shape index (κ1) is 14.5. The first-order valence-electron chi connectivity index (χ1n) is 6.55. The highest BCUT2D eigenvalue weighted by atomic mass is 16.4. The Labute approximate surface area is 104 Å². The Balaban J connectivity index is 2.34. The van der Waals surface area contributed by atoms with E-state index in [9.17, 15) is 4.79 Å². The zero-order valence-electron chi connectivity index (χ0n) is 11.3. The molecule has 17 heavy (non-hydrogen) atoms. The maximum Gasteiger partial charge on any atom is 0.323 e. The number of hydrogen-bond acceptors (Lipinski definition) is 3. The lowest BCUT2D eigenvalue weighted by atomic mass is 9.86. The van der Waals surface area contributed by atoms with E-state index >= 15 is 0 Å². The molecule has 0 amide bonds. The van der Waals surface area contributed by atoms with Gasteiger partial charge in [-0.2, -0.15) is 0 Å². The van der Waals surface area contributed by atoms with Gasteiger partial charge < -0.3 is 15.7 Å². The van der Waals surface area contributed by atoms with Crippen molar-refractivity contribution in [2.45, 2.75) is 57.5 Å². The van der Waals surface area contributed by atoms with Gasteiger partial charge in [-0.25, -0.2) is 0 Å². The maximum absolute atomic E-state index is 10.9. The molecular formula is C13H26N2O2. The molecule has 100 valence electrons. The Kier molecular flexibility index (Phi) is 4.95. The number of hydrogen-bond donors (Lipinski definition) is 2. The molecule has 1 aliphatic carbocycles. The van der Waals surface area contributed by atoms with Crippen molar-refractivity contribution in [3.63, 3.8) is 0 Å². The molecule has 3 N–H and O–H groups in total. The molecule has 1 rings (SSSR count).